The molecule has 0 radical (unpaired) electrons. The van der Waals surface area contributed by atoms with E-state index in [-0.39, 0.29) is 6.10 Å². The van der Waals surface area contributed by atoms with E-state index in [0.29, 0.717) is 0 Å². The lowest BCUT2D eigenvalue weighted by Gasteiger charge is -2.36. The Bertz CT molecular complexity index is 755. The smallest absolute Gasteiger partial charge is 0.225 e. The summed E-state index contributed by atoms with van der Waals surface area (Å²) in [5.74, 6) is 2.71. The number of rotatable bonds is 7. The predicted octanol–water partition coefficient (Wildman–Crippen LogP) is 2.59. The molecule has 1 aromatic heterocycles. The number of benzene rings is 1. The van der Waals surface area contributed by atoms with Gasteiger partial charge in [-0.05, 0) is 51.0 Å². The number of aromatic nitrogens is 2. The van der Waals surface area contributed by atoms with E-state index in [1.165, 1.54) is 5.56 Å². The van der Waals surface area contributed by atoms with Crippen molar-refractivity contribution in [1.29, 1.82) is 0 Å². The number of aliphatic imine (C=N–C) groups is 1. The van der Waals surface area contributed by atoms with E-state index in [1.54, 1.807) is 12.4 Å². The normalized spacial score (nSPS) is 15.0. The van der Waals surface area contributed by atoms with E-state index < -0.39 is 0 Å². The molecule has 0 aliphatic carbocycles. The number of ether oxygens (including phenoxy) is 1. The maximum absolute atomic E-state index is 5.71. The fourth-order valence-corrected chi connectivity index (χ4v) is 3.30. The van der Waals surface area contributed by atoms with Crippen LogP contribution in [0.25, 0.3) is 0 Å². The molecule has 1 saturated heterocycles. The van der Waals surface area contributed by atoms with Gasteiger partial charge in [-0.2, -0.15) is 0 Å². The fourth-order valence-electron chi connectivity index (χ4n) is 3.30. The van der Waals surface area contributed by atoms with E-state index in [1.807, 2.05) is 32.0 Å². The second kappa shape index (κ2) is 10.6. The highest BCUT2D eigenvalue weighted by atomic mass is 16.5. The molecule has 2 aromatic rings. The van der Waals surface area contributed by atoms with Gasteiger partial charge in [-0.15, -0.1) is 0 Å². The summed E-state index contributed by atoms with van der Waals surface area (Å²) >= 11 is 0. The SMILES string of the molecule is CCNC(=NCCc1ccc(OC(C)C)cc1)N1CCN(c2ncccn2)CC1. The number of hydrogen-bond donors (Lipinski definition) is 1. The lowest BCUT2D eigenvalue weighted by Crippen LogP contribution is -2.53. The second-order valence-corrected chi connectivity index (χ2v) is 7.32. The average molecular weight is 397 g/mol. The van der Waals surface area contributed by atoms with Crippen LogP contribution in [0.1, 0.15) is 26.3 Å². The lowest BCUT2D eigenvalue weighted by atomic mass is 10.1. The van der Waals surface area contributed by atoms with Crippen LogP contribution in [0.5, 0.6) is 5.75 Å². The van der Waals surface area contributed by atoms with Gasteiger partial charge in [0, 0.05) is 51.7 Å². The molecule has 2 heterocycles. The van der Waals surface area contributed by atoms with E-state index in [4.69, 9.17) is 9.73 Å². The monoisotopic (exact) mass is 396 g/mol. The van der Waals surface area contributed by atoms with Gasteiger partial charge < -0.3 is 19.9 Å². The number of nitrogens with one attached hydrogen (secondary N) is 1. The number of piperazine rings is 1. The van der Waals surface area contributed by atoms with Gasteiger partial charge in [-0.3, -0.25) is 4.99 Å². The molecule has 0 bridgehead atoms. The Morgan fingerprint density at radius 2 is 1.79 bits per heavy atom. The molecule has 0 atom stereocenters. The number of guanidine groups is 1. The highest BCUT2D eigenvalue weighted by molar-refractivity contribution is 5.80. The van der Waals surface area contributed by atoms with Crippen LogP contribution >= 0.6 is 0 Å². The van der Waals surface area contributed by atoms with Crippen molar-refractivity contribution in [2.45, 2.75) is 33.3 Å². The van der Waals surface area contributed by atoms with Gasteiger partial charge in [-0.25, -0.2) is 9.97 Å². The van der Waals surface area contributed by atoms with Crippen LogP contribution < -0.4 is 15.0 Å². The summed E-state index contributed by atoms with van der Waals surface area (Å²) in [6.07, 6.45) is 4.69. The van der Waals surface area contributed by atoms with Crippen molar-refractivity contribution in [3.63, 3.8) is 0 Å². The minimum Gasteiger partial charge on any atom is -0.491 e. The Balaban J connectivity index is 1.52. The predicted molar refractivity (Wildman–Crippen MR) is 118 cm³/mol. The Hall–Kier alpha value is -2.83. The molecule has 1 fully saturated rings. The quantitative estimate of drug-likeness (QED) is 0.573. The molecule has 3 rings (SSSR count). The zero-order valence-corrected chi connectivity index (χ0v) is 17.7. The minimum atomic E-state index is 0.196. The van der Waals surface area contributed by atoms with Crippen molar-refractivity contribution < 1.29 is 4.74 Å². The molecule has 7 heteroatoms. The largest absolute Gasteiger partial charge is 0.491 e. The van der Waals surface area contributed by atoms with Gasteiger partial charge in [-0.1, -0.05) is 12.1 Å². The molecule has 1 aliphatic heterocycles. The van der Waals surface area contributed by atoms with E-state index >= 15 is 0 Å². The standard InChI is InChI=1S/C22H32N6O/c1-4-23-21(26-13-10-19-6-8-20(9-7-19)29-18(2)3)27-14-16-28(17-15-27)22-24-11-5-12-25-22/h5-9,11-12,18H,4,10,13-17H2,1-3H3,(H,23,26). The Morgan fingerprint density at radius 3 is 2.41 bits per heavy atom. The summed E-state index contributed by atoms with van der Waals surface area (Å²) in [5.41, 5.74) is 1.27. The topological polar surface area (TPSA) is 65.9 Å². The van der Waals surface area contributed by atoms with Crippen LogP contribution in [0.4, 0.5) is 5.95 Å². The summed E-state index contributed by atoms with van der Waals surface area (Å²) in [4.78, 5) is 18.1. The number of anilines is 1. The highest BCUT2D eigenvalue weighted by Gasteiger charge is 2.20. The highest BCUT2D eigenvalue weighted by Crippen LogP contribution is 2.14. The zero-order chi connectivity index (χ0) is 20.5. The van der Waals surface area contributed by atoms with Gasteiger partial charge in [0.05, 0.1) is 6.10 Å². The Labute approximate surface area is 173 Å². The van der Waals surface area contributed by atoms with Crippen molar-refractivity contribution in [3.05, 3.63) is 48.3 Å². The summed E-state index contributed by atoms with van der Waals surface area (Å²) in [5, 5.41) is 3.43. The first-order valence-electron chi connectivity index (χ1n) is 10.5. The molecule has 156 valence electrons. The summed E-state index contributed by atoms with van der Waals surface area (Å²) in [6, 6.07) is 10.2. The van der Waals surface area contributed by atoms with Gasteiger partial charge in [0.25, 0.3) is 0 Å². The zero-order valence-electron chi connectivity index (χ0n) is 17.7. The van der Waals surface area contributed by atoms with E-state index in [9.17, 15) is 0 Å². The van der Waals surface area contributed by atoms with Gasteiger partial charge >= 0.3 is 0 Å². The lowest BCUT2D eigenvalue weighted by molar-refractivity contribution is 0.242. The first-order valence-corrected chi connectivity index (χ1v) is 10.5. The van der Waals surface area contributed by atoms with Crippen LogP contribution in [-0.2, 0) is 6.42 Å². The maximum atomic E-state index is 5.71. The second-order valence-electron chi connectivity index (χ2n) is 7.32. The molecule has 7 nitrogen and oxygen atoms in total. The average Bonchev–Trinajstić information content (AvgIpc) is 2.75. The Kier molecular flexibility index (Phi) is 7.67. The third kappa shape index (κ3) is 6.34. The maximum Gasteiger partial charge on any atom is 0.225 e. The molecule has 0 amide bonds. The van der Waals surface area contributed by atoms with Crippen molar-refractivity contribution in [1.82, 2.24) is 20.2 Å². The minimum absolute atomic E-state index is 0.196. The summed E-state index contributed by atoms with van der Waals surface area (Å²) in [7, 11) is 0. The summed E-state index contributed by atoms with van der Waals surface area (Å²) < 4.78 is 5.71. The summed E-state index contributed by atoms with van der Waals surface area (Å²) in [6.45, 7) is 11.4. The molecular formula is C22H32N6O. The molecule has 1 aromatic carbocycles. The van der Waals surface area contributed by atoms with Gasteiger partial charge in [0.1, 0.15) is 5.75 Å². The van der Waals surface area contributed by atoms with Crippen LogP contribution in [0.3, 0.4) is 0 Å². The molecule has 29 heavy (non-hydrogen) atoms. The van der Waals surface area contributed by atoms with Gasteiger partial charge in [0.2, 0.25) is 5.95 Å². The molecule has 0 spiro atoms. The molecule has 0 unspecified atom stereocenters. The molecular weight excluding hydrogens is 364 g/mol. The van der Waals surface area contributed by atoms with Crippen LogP contribution in [0.15, 0.2) is 47.7 Å². The van der Waals surface area contributed by atoms with E-state index in [0.717, 1.165) is 63.3 Å². The number of nitrogens with zero attached hydrogens (tertiary/aromatic N) is 5. The van der Waals surface area contributed by atoms with Crippen LogP contribution in [0.2, 0.25) is 0 Å². The van der Waals surface area contributed by atoms with Crippen LogP contribution in [-0.4, -0.2) is 66.2 Å². The van der Waals surface area contributed by atoms with Crippen LogP contribution in [0, 0.1) is 0 Å². The first kappa shape index (κ1) is 20.9. The first-order chi connectivity index (χ1) is 14.2. The van der Waals surface area contributed by atoms with E-state index in [2.05, 4.69) is 44.1 Å². The molecule has 1 N–H and O–H groups in total. The Morgan fingerprint density at radius 1 is 1.10 bits per heavy atom. The molecule has 0 saturated carbocycles. The van der Waals surface area contributed by atoms with Gasteiger partial charge in [0.15, 0.2) is 5.96 Å². The van der Waals surface area contributed by atoms with Crippen molar-refractivity contribution in [2.24, 2.45) is 4.99 Å². The third-order valence-corrected chi connectivity index (χ3v) is 4.71. The van der Waals surface area contributed by atoms with Crippen molar-refractivity contribution in [3.8, 4) is 5.75 Å². The van der Waals surface area contributed by atoms with Crippen molar-refractivity contribution in [2.75, 3.05) is 44.2 Å². The third-order valence-electron chi connectivity index (χ3n) is 4.71. The molecule has 1 aliphatic rings. The fraction of sp³-hybridized carbons (Fsp3) is 0.500. The van der Waals surface area contributed by atoms with Crippen molar-refractivity contribution >= 4 is 11.9 Å². The number of hydrogen-bond acceptors (Lipinski definition) is 5.